The number of anilines is 1. The van der Waals surface area contributed by atoms with E-state index in [0.717, 1.165) is 50.4 Å². The molecule has 2 aliphatic rings. The Morgan fingerprint density at radius 3 is 2.42 bits per heavy atom. The number of aryl methyl sites for hydroxylation is 1. The summed E-state index contributed by atoms with van der Waals surface area (Å²) in [7, 11) is 0. The van der Waals surface area contributed by atoms with E-state index in [-0.39, 0.29) is 11.8 Å². The minimum Gasteiger partial charge on any atom is -0.492 e. The number of imide groups is 1. The van der Waals surface area contributed by atoms with Crippen LogP contribution in [-0.4, -0.2) is 67.6 Å². The third-order valence-electron chi connectivity index (χ3n) is 5.91. The average Bonchev–Trinajstić information content (AvgIpc) is 3.06. The van der Waals surface area contributed by atoms with E-state index >= 15 is 0 Å². The second-order valence-electron chi connectivity index (χ2n) is 8.24. The van der Waals surface area contributed by atoms with Gasteiger partial charge in [-0.25, -0.2) is 0 Å². The summed E-state index contributed by atoms with van der Waals surface area (Å²) >= 11 is 0. The molecule has 0 radical (unpaired) electrons. The molecule has 2 heterocycles. The minimum absolute atomic E-state index is 0.262. The molecule has 0 spiro atoms. The van der Waals surface area contributed by atoms with E-state index in [1.165, 1.54) is 4.90 Å². The summed E-state index contributed by atoms with van der Waals surface area (Å²) < 4.78 is 11.1. The van der Waals surface area contributed by atoms with Crippen molar-refractivity contribution in [2.45, 2.75) is 20.3 Å². The number of nitrogens with zero attached hydrogens (tertiary/aromatic N) is 2. The maximum atomic E-state index is 13.4. The number of hydrogen-bond donors (Lipinski definition) is 1. The van der Waals surface area contributed by atoms with Crippen LogP contribution in [0.3, 0.4) is 0 Å². The molecule has 2 aliphatic heterocycles. The molecule has 0 saturated carbocycles. The number of carbonyl (C=O) groups is 2. The summed E-state index contributed by atoms with van der Waals surface area (Å²) in [4.78, 5) is 30.5. The summed E-state index contributed by atoms with van der Waals surface area (Å²) in [6, 6.07) is 15.1. The molecule has 1 N–H and O–H groups in total. The lowest BCUT2D eigenvalue weighted by Gasteiger charge is -2.27. The SMILES string of the molecule is CCOc1ccccc1NC1=C(c2ccc(C)cc2)C(=O)N(CCCN2CCOCC2)C1=O. The number of rotatable bonds is 9. The molecule has 0 aliphatic carbocycles. The van der Waals surface area contributed by atoms with E-state index < -0.39 is 0 Å². The van der Waals surface area contributed by atoms with E-state index in [9.17, 15) is 9.59 Å². The number of nitrogens with one attached hydrogen (secondary N) is 1. The molecule has 7 heteroatoms. The van der Waals surface area contributed by atoms with E-state index in [1.807, 2.05) is 62.4 Å². The number of carbonyl (C=O) groups excluding carboxylic acids is 2. The van der Waals surface area contributed by atoms with Crippen molar-refractivity contribution in [1.82, 2.24) is 9.80 Å². The van der Waals surface area contributed by atoms with Gasteiger partial charge in [-0.2, -0.15) is 0 Å². The summed E-state index contributed by atoms with van der Waals surface area (Å²) in [5, 5.41) is 3.22. The fraction of sp³-hybridized carbons (Fsp3) is 0.385. The van der Waals surface area contributed by atoms with Gasteiger partial charge in [-0.1, -0.05) is 42.0 Å². The van der Waals surface area contributed by atoms with Crippen LogP contribution in [0.2, 0.25) is 0 Å². The summed E-state index contributed by atoms with van der Waals surface area (Å²) in [6.07, 6.45) is 0.724. The lowest BCUT2D eigenvalue weighted by molar-refractivity contribution is -0.136. The highest BCUT2D eigenvalue weighted by Crippen LogP contribution is 2.33. The van der Waals surface area contributed by atoms with Crippen LogP contribution in [0.1, 0.15) is 24.5 Å². The van der Waals surface area contributed by atoms with Crippen LogP contribution in [0.4, 0.5) is 5.69 Å². The highest BCUT2D eigenvalue weighted by molar-refractivity contribution is 6.36. The van der Waals surface area contributed by atoms with Gasteiger partial charge in [-0.3, -0.25) is 19.4 Å². The Hall–Kier alpha value is -3.16. The molecule has 2 aromatic rings. The molecule has 0 aromatic heterocycles. The first-order valence-corrected chi connectivity index (χ1v) is 11.5. The second kappa shape index (κ2) is 10.6. The maximum Gasteiger partial charge on any atom is 0.278 e. The van der Waals surface area contributed by atoms with Crippen molar-refractivity contribution in [2.24, 2.45) is 0 Å². The highest BCUT2D eigenvalue weighted by atomic mass is 16.5. The molecule has 0 unspecified atom stereocenters. The zero-order valence-corrected chi connectivity index (χ0v) is 19.3. The topological polar surface area (TPSA) is 71.1 Å². The van der Waals surface area contributed by atoms with Gasteiger partial charge in [0.15, 0.2) is 0 Å². The number of ether oxygens (including phenoxy) is 2. The van der Waals surface area contributed by atoms with Gasteiger partial charge < -0.3 is 14.8 Å². The normalized spacial score (nSPS) is 17.1. The fourth-order valence-electron chi connectivity index (χ4n) is 4.15. The first-order chi connectivity index (χ1) is 16.1. The van der Waals surface area contributed by atoms with E-state index in [1.54, 1.807) is 0 Å². The highest BCUT2D eigenvalue weighted by Gasteiger charge is 2.39. The lowest BCUT2D eigenvalue weighted by atomic mass is 10.0. The average molecular weight is 450 g/mol. The van der Waals surface area contributed by atoms with E-state index in [0.29, 0.717) is 35.9 Å². The smallest absolute Gasteiger partial charge is 0.278 e. The Morgan fingerprint density at radius 2 is 1.70 bits per heavy atom. The summed E-state index contributed by atoms with van der Waals surface area (Å²) in [6.45, 7) is 8.85. The minimum atomic E-state index is -0.302. The largest absolute Gasteiger partial charge is 0.492 e. The summed E-state index contributed by atoms with van der Waals surface area (Å²) in [5.74, 6) is 0.0767. The van der Waals surface area contributed by atoms with E-state index in [2.05, 4.69) is 10.2 Å². The first kappa shape index (κ1) is 23.0. The first-order valence-electron chi connectivity index (χ1n) is 11.5. The standard InChI is InChI=1S/C26H31N3O4/c1-3-33-22-8-5-4-7-21(22)27-24-23(20-11-9-19(2)10-12-20)25(30)29(26(24)31)14-6-13-28-15-17-32-18-16-28/h4-5,7-12,27H,3,6,13-18H2,1-2H3. The second-order valence-corrected chi connectivity index (χ2v) is 8.24. The molecule has 1 fully saturated rings. The van der Waals surface area contributed by atoms with Crippen LogP contribution in [0.15, 0.2) is 54.2 Å². The van der Waals surface area contributed by atoms with Gasteiger partial charge in [0.25, 0.3) is 11.8 Å². The summed E-state index contributed by atoms with van der Waals surface area (Å²) in [5.41, 5.74) is 3.18. The molecular formula is C26H31N3O4. The molecule has 4 rings (SSSR count). The number of morpholine rings is 1. The predicted molar refractivity (Wildman–Crippen MR) is 128 cm³/mol. The molecule has 33 heavy (non-hydrogen) atoms. The van der Waals surface area contributed by atoms with Gasteiger partial charge in [0.1, 0.15) is 11.4 Å². The molecule has 0 bridgehead atoms. The molecule has 0 atom stereocenters. The van der Waals surface area contributed by atoms with Crippen molar-refractivity contribution in [3.63, 3.8) is 0 Å². The van der Waals surface area contributed by atoms with Gasteiger partial charge in [0.2, 0.25) is 0 Å². The van der Waals surface area contributed by atoms with Crippen LogP contribution in [-0.2, 0) is 14.3 Å². The third-order valence-corrected chi connectivity index (χ3v) is 5.91. The Bertz CT molecular complexity index is 1030. The number of benzene rings is 2. The molecule has 174 valence electrons. The van der Waals surface area contributed by atoms with Crippen molar-refractivity contribution >= 4 is 23.1 Å². The monoisotopic (exact) mass is 449 g/mol. The van der Waals surface area contributed by atoms with Crippen LogP contribution >= 0.6 is 0 Å². The molecule has 2 amide bonds. The lowest BCUT2D eigenvalue weighted by Crippen LogP contribution is -2.39. The van der Waals surface area contributed by atoms with Gasteiger partial charge in [-0.05, 0) is 38.0 Å². The molecular weight excluding hydrogens is 418 g/mol. The Kier molecular flexibility index (Phi) is 7.42. The molecule has 2 aromatic carbocycles. The van der Waals surface area contributed by atoms with Gasteiger partial charge in [-0.15, -0.1) is 0 Å². The van der Waals surface area contributed by atoms with Crippen molar-refractivity contribution in [1.29, 1.82) is 0 Å². The van der Waals surface area contributed by atoms with Crippen LogP contribution in [0.5, 0.6) is 5.75 Å². The Balaban J connectivity index is 1.59. The zero-order chi connectivity index (χ0) is 23.2. The number of hydrogen-bond acceptors (Lipinski definition) is 6. The van der Waals surface area contributed by atoms with Gasteiger partial charge in [0, 0.05) is 26.2 Å². The van der Waals surface area contributed by atoms with Crippen LogP contribution in [0, 0.1) is 6.92 Å². The Labute approximate surface area is 195 Å². The van der Waals surface area contributed by atoms with Gasteiger partial charge in [0.05, 0.1) is 31.1 Å². The molecule has 7 nitrogen and oxygen atoms in total. The van der Waals surface area contributed by atoms with Crippen molar-refractivity contribution in [3.8, 4) is 5.75 Å². The number of amides is 2. The van der Waals surface area contributed by atoms with E-state index in [4.69, 9.17) is 9.47 Å². The third kappa shape index (κ3) is 5.26. The molecule has 1 saturated heterocycles. The van der Waals surface area contributed by atoms with Crippen molar-refractivity contribution < 1.29 is 19.1 Å². The van der Waals surface area contributed by atoms with Crippen molar-refractivity contribution in [2.75, 3.05) is 51.3 Å². The van der Waals surface area contributed by atoms with Crippen LogP contribution < -0.4 is 10.1 Å². The maximum absolute atomic E-state index is 13.4. The quantitative estimate of drug-likeness (QED) is 0.593. The van der Waals surface area contributed by atoms with Gasteiger partial charge >= 0.3 is 0 Å². The van der Waals surface area contributed by atoms with Crippen LogP contribution in [0.25, 0.3) is 5.57 Å². The van der Waals surface area contributed by atoms with Crippen molar-refractivity contribution in [3.05, 3.63) is 65.4 Å². The fourth-order valence-corrected chi connectivity index (χ4v) is 4.15. The Morgan fingerprint density at radius 1 is 0.970 bits per heavy atom. The zero-order valence-electron chi connectivity index (χ0n) is 19.3. The predicted octanol–water partition coefficient (Wildman–Crippen LogP) is 3.31. The number of para-hydroxylation sites is 2.